The molecular weight excluding hydrogens is 534 g/mol. The fraction of sp³-hybridized carbons (Fsp3) is 0.222. The van der Waals surface area contributed by atoms with Crippen molar-refractivity contribution in [2.24, 2.45) is 11.8 Å². The number of ether oxygens (including phenoxy) is 1. The van der Waals surface area contributed by atoms with Crippen molar-refractivity contribution in [2.75, 3.05) is 25.1 Å². The van der Waals surface area contributed by atoms with Crippen molar-refractivity contribution in [3.8, 4) is 5.69 Å². The first-order valence-electron chi connectivity index (χ1n) is 11.7. The molecule has 0 bridgehead atoms. The standard InChI is InChI=1S/C27H21ClF2N4O3S/c1-13(37-3)6-17(14(2)28)23-8-21-24(38-23)25(35)34(26(36)32-21)22-10-31-9-15-4-5-16(7-18(15)22)33-11-19-20(12-33)27(19,29)30/h4-10,19-20H,1-2,11-12H2,3H3,(H,32,36)/b17-6+. The Balaban J connectivity index is 1.47. The third kappa shape index (κ3) is 3.78. The van der Waals surface area contributed by atoms with Gasteiger partial charge in [-0.05, 0) is 24.3 Å². The highest BCUT2D eigenvalue weighted by Gasteiger charge is 2.71. The number of H-pyrrole nitrogens is 1. The van der Waals surface area contributed by atoms with Crippen molar-refractivity contribution in [1.82, 2.24) is 14.5 Å². The average molecular weight is 555 g/mol. The van der Waals surface area contributed by atoms with Crippen LogP contribution in [0.3, 0.4) is 0 Å². The molecule has 2 fully saturated rings. The number of hydrogen-bond acceptors (Lipinski definition) is 6. The molecule has 7 nitrogen and oxygen atoms in total. The number of pyridine rings is 1. The fourth-order valence-electron chi connectivity index (χ4n) is 5.09. The number of nitrogens with zero attached hydrogens (tertiary/aromatic N) is 3. The van der Waals surface area contributed by atoms with Gasteiger partial charge in [0.1, 0.15) is 10.5 Å². The molecule has 0 spiro atoms. The van der Waals surface area contributed by atoms with Gasteiger partial charge in [-0.15, -0.1) is 11.3 Å². The van der Waals surface area contributed by atoms with E-state index >= 15 is 0 Å². The molecule has 2 atom stereocenters. The lowest BCUT2D eigenvalue weighted by Crippen LogP contribution is -2.33. The van der Waals surface area contributed by atoms with Crippen LogP contribution in [-0.2, 0) is 4.74 Å². The summed E-state index contributed by atoms with van der Waals surface area (Å²) in [6.45, 7) is 8.09. The molecule has 1 saturated heterocycles. The molecule has 6 rings (SSSR count). The Hall–Kier alpha value is -3.76. The molecule has 4 aromatic rings. The van der Waals surface area contributed by atoms with E-state index in [2.05, 4.69) is 23.1 Å². The Bertz CT molecular complexity index is 1810. The number of rotatable bonds is 6. The molecule has 194 valence electrons. The first-order valence-corrected chi connectivity index (χ1v) is 12.9. The second-order valence-corrected chi connectivity index (χ2v) is 10.9. The van der Waals surface area contributed by atoms with Gasteiger partial charge in [-0.25, -0.2) is 18.1 Å². The molecule has 0 amide bonds. The van der Waals surface area contributed by atoms with Gasteiger partial charge in [-0.2, -0.15) is 0 Å². The quantitative estimate of drug-likeness (QED) is 0.259. The zero-order chi connectivity index (χ0) is 26.9. The van der Waals surface area contributed by atoms with Crippen molar-refractivity contribution in [3.63, 3.8) is 0 Å². The summed E-state index contributed by atoms with van der Waals surface area (Å²) in [6, 6.07) is 7.14. The van der Waals surface area contributed by atoms with Crippen LogP contribution in [0.4, 0.5) is 14.5 Å². The highest BCUT2D eigenvalue weighted by Crippen LogP contribution is 2.59. The van der Waals surface area contributed by atoms with Crippen LogP contribution >= 0.6 is 22.9 Å². The van der Waals surface area contributed by atoms with Crippen LogP contribution < -0.4 is 16.1 Å². The van der Waals surface area contributed by atoms with E-state index in [4.69, 9.17) is 16.3 Å². The Morgan fingerprint density at radius 1 is 1.24 bits per heavy atom. The number of allylic oxidation sites excluding steroid dienone is 3. The van der Waals surface area contributed by atoms with Gasteiger partial charge < -0.3 is 14.6 Å². The van der Waals surface area contributed by atoms with Crippen molar-refractivity contribution in [1.29, 1.82) is 0 Å². The number of aromatic nitrogens is 3. The smallest absolute Gasteiger partial charge is 0.333 e. The van der Waals surface area contributed by atoms with Crippen molar-refractivity contribution in [3.05, 3.63) is 92.4 Å². The van der Waals surface area contributed by atoms with Crippen LogP contribution in [-0.4, -0.2) is 40.7 Å². The van der Waals surface area contributed by atoms with Crippen LogP contribution in [0.15, 0.2) is 76.3 Å². The molecule has 1 aliphatic carbocycles. The second kappa shape index (κ2) is 8.64. The van der Waals surface area contributed by atoms with Crippen LogP contribution in [0, 0.1) is 11.8 Å². The molecule has 3 aromatic heterocycles. The summed E-state index contributed by atoms with van der Waals surface area (Å²) in [5.74, 6) is -3.48. The lowest BCUT2D eigenvalue weighted by atomic mass is 10.1. The summed E-state index contributed by atoms with van der Waals surface area (Å²) in [6.07, 6.45) is 4.68. The first kappa shape index (κ1) is 24.6. The van der Waals surface area contributed by atoms with Crippen LogP contribution in [0.2, 0.25) is 0 Å². The van der Waals surface area contributed by atoms with Crippen molar-refractivity contribution >= 4 is 55.2 Å². The summed E-state index contributed by atoms with van der Waals surface area (Å²) in [7, 11) is 1.47. The van der Waals surface area contributed by atoms with Crippen molar-refractivity contribution in [2.45, 2.75) is 5.92 Å². The maximum Gasteiger partial charge on any atom is 0.333 e. The van der Waals surface area contributed by atoms with Gasteiger partial charge in [0, 0.05) is 51.2 Å². The van der Waals surface area contributed by atoms with E-state index in [9.17, 15) is 18.4 Å². The summed E-state index contributed by atoms with van der Waals surface area (Å²) in [4.78, 5) is 36.4. The molecule has 2 aliphatic rings. The minimum Gasteiger partial charge on any atom is -0.497 e. The van der Waals surface area contributed by atoms with E-state index in [1.807, 2.05) is 23.1 Å². The number of hydrogen-bond donors (Lipinski definition) is 1. The zero-order valence-corrected chi connectivity index (χ0v) is 21.7. The molecular formula is C27H21ClF2N4O3S. The topological polar surface area (TPSA) is 80.2 Å². The maximum atomic E-state index is 13.7. The lowest BCUT2D eigenvalue weighted by molar-refractivity contribution is 0.0798. The van der Waals surface area contributed by atoms with Gasteiger partial charge in [-0.1, -0.05) is 30.8 Å². The normalized spacial score (nSPS) is 20.1. The molecule has 2 unspecified atom stereocenters. The number of methoxy groups -OCH3 is 1. The third-order valence-electron chi connectivity index (χ3n) is 7.23. The number of nitrogens with one attached hydrogen (secondary N) is 1. The average Bonchev–Trinajstić information content (AvgIpc) is 3.29. The van der Waals surface area contributed by atoms with Crippen LogP contribution in [0.5, 0.6) is 0 Å². The summed E-state index contributed by atoms with van der Waals surface area (Å²) >= 11 is 7.36. The Kier molecular flexibility index (Phi) is 5.59. The van der Waals surface area contributed by atoms with E-state index in [0.29, 0.717) is 42.9 Å². The fourth-order valence-corrected chi connectivity index (χ4v) is 6.39. The lowest BCUT2D eigenvalue weighted by Gasteiger charge is -2.22. The Morgan fingerprint density at radius 2 is 1.97 bits per heavy atom. The number of alkyl halides is 2. The van der Waals surface area contributed by atoms with Gasteiger partial charge >= 0.3 is 5.69 Å². The predicted molar refractivity (Wildman–Crippen MR) is 147 cm³/mol. The number of fused-ring (bicyclic) bond motifs is 3. The minimum atomic E-state index is -2.58. The minimum absolute atomic E-state index is 0.223. The summed E-state index contributed by atoms with van der Waals surface area (Å²) in [5.41, 5.74) is 0.765. The van der Waals surface area contributed by atoms with E-state index in [0.717, 1.165) is 21.6 Å². The molecule has 4 heterocycles. The van der Waals surface area contributed by atoms with Gasteiger partial charge in [0.25, 0.3) is 11.5 Å². The number of piperidine rings is 1. The van der Waals surface area contributed by atoms with E-state index < -0.39 is 29.0 Å². The molecule has 1 aliphatic heterocycles. The van der Waals surface area contributed by atoms with Gasteiger partial charge in [-0.3, -0.25) is 9.78 Å². The van der Waals surface area contributed by atoms with Crippen molar-refractivity contribution < 1.29 is 13.5 Å². The summed E-state index contributed by atoms with van der Waals surface area (Å²) in [5, 5.41) is 1.54. The van der Waals surface area contributed by atoms with E-state index in [1.165, 1.54) is 13.3 Å². The van der Waals surface area contributed by atoms with Crippen LogP contribution in [0.1, 0.15) is 4.88 Å². The van der Waals surface area contributed by atoms with Crippen LogP contribution in [0.25, 0.3) is 32.2 Å². The monoisotopic (exact) mass is 554 g/mol. The zero-order valence-electron chi connectivity index (χ0n) is 20.1. The van der Waals surface area contributed by atoms with Gasteiger partial charge in [0.05, 0.1) is 36.3 Å². The number of anilines is 1. The predicted octanol–water partition coefficient (Wildman–Crippen LogP) is 5.29. The molecule has 0 radical (unpaired) electrons. The first-order chi connectivity index (χ1) is 18.1. The molecule has 1 N–H and O–H groups in total. The third-order valence-corrected chi connectivity index (χ3v) is 8.59. The SMILES string of the molecule is C=C(/C=C(\C(=C)Cl)c1cc2[nH]c(=O)n(-c3cncc4ccc(N5CC6C(C5)C6(F)F)cc34)c(=O)c2s1)OC. The van der Waals surface area contributed by atoms with Gasteiger partial charge in [0.2, 0.25) is 0 Å². The number of halogens is 3. The molecule has 1 saturated carbocycles. The Morgan fingerprint density at radius 3 is 2.66 bits per heavy atom. The summed E-state index contributed by atoms with van der Waals surface area (Å²) < 4.78 is 33.9. The number of benzene rings is 1. The molecule has 1 aromatic carbocycles. The highest BCUT2D eigenvalue weighted by atomic mass is 35.5. The number of aromatic amines is 1. The van der Waals surface area contributed by atoms with Gasteiger partial charge in [0.15, 0.2) is 0 Å². The maximum absolute atomic E-state index is 13.7. The van der Waals surface area contributed by atoms with E-state index in [1.54, 1.807) is 18.3 Å². The van der Waals surface area contributed by atoms with E-state index in [-0.39, 0.29) is 18.1 Å². The highest BCUT2D eigenvalue weighted by molar-refractivity contribution is 7.20. The molecule has 38 heavy (non-hydrogen) atoms. The number of thiophene rings is 1. The second-order valence-electron chi connectivity index (χ2n) is 9.41. The molecule has 11 heteroatoms. The largest absolute Gasteiger partial charge is 0.497 e. The Labute approximate surface area is 223 Å².